The number of rotatable bonds is 6. The summed E-state index contributed by atoms with van der Waals surface area (Å²) in [6.45, 7) is 10.0. The largest absolute Gasteiger partial charge is 0.496 e. The molecular weight excluding hydrogens is 300 g/mol. The van der Waals surface area contributed by atoms with Gasteiger partial charge in [-0.15, -0.1) is 0 Å². The van der Waals surface area contributed by atoms with Crippen LogP contribution in [0.25, 0.3) is 6.08 Å². The molecule has 0 aliphatic carbocycles. The van der Waals surface area contributed by atoms with Crippen molar-refractivity contribution in [1.29, 1.82) is 0 Å². The molecule has 1 aromatic rings. The van der Waals surface area contributed by atoms with E-state index in [2.05, 4.69) is 39.0 Å². The van der Waals surface area contributed by atoms with Crippen LogP contribution in [-0.4, -0.2) is 18.2 Å². The maximum Gasteiger partial charge on any atom is 0.328 e. The monoisotopic (exact) mass is 326 g/mol. The zero-order valence-corrected chi connectivity index (χ0v) is 15.3. The van der Waals surface area contributed by atoms with Gasteiger partial charge in [-0.05, 0) is 68.5 Å². The summed E-state index contributed by atoms with van der Waals surface area (Å²) in [6.07, 6.45) is 10.9. The quantitative estimate of drug-likeness (QED) is 0.579. The van der Waals surface area contributed by atoms with Gasteiger partial charge in [-0.1, -0.05) is 36.0 Å². The van der Waals surface area contributed by atoms with E-state index >= 15 is 0 Å². The van der Waals surface area contributed by atoms with Crippen LogP contribution in [0.2, 0.25) is 0 Å². The van der Waals surface area contributed by atoms with E-state index in [9.17, 15) is 4.79 Å². The molecule has 128 valence electrons. The van der Waals surface area contributed by atoms with Gasteiger partial charge in [-0.3, -0.25) is 0 Å². The summed E-state index contributed by atoms with van der Waals surface area (Å²) < 4.78 is 5.40. The molecule has 1 aromatic carbocycles. The maximum absolute atomic E-state index is 10.6. The number of carbonyl (C=O) groups is 1. The van der Waals surface area contributed by atoms with Crippen molar-refractivity contribution in [3.8, 4) is 5.75 Å². The second-order valence-corrected chi connectivity index (χ2v) is 5.89. The van der Waals surface area contributed by atoms with Gasteiger partial charge in [0.1, 0.15) is 5.75 Å². The first-order valence-corrected chi connectivity index (χ1v) is 7.85. The fourth-order valence-electron chi connectivity index (χ4n) is 2.40. The lowest BCUT2D eigenvalue weighted by Gasteiger charge is -2.13. The van der Waals surface area contributed by atoms with Crippen LogP contribution in [0, 0.1) is 20.8 Å². The third-order valence-electron chi connectivity index (χ3n) is 3.91. The minimum Gasteiger partial charge on any atom is -0.496 e. The smallest absolute Gasteiger partial charge is 0.328 e. The number of hydrogen-bond acceptors (Lipinski definition) is 2. The minimum atomic E-state index is -0.932. The second-order valence-electron chi connectivity index (χ2n) is 5.89. The third kappa shape index (κ3) is 5.58. The van der Waals surface area contributed by atoms with Gasteiger partial charge in [-0.2, -0.15) is 0 Å². The first kappa shape index (κ1) is 19.5. The third-order valence-corrected chi connectivity index (χ3v) is 3.91. The molecule has 0 fully saturated rings. The Labute approximate surface area is 144 Å². The van der Waals surface area contributed by atoms with Gasteiger partial charge in [0.05, 0.1) is 7.11 Å². The Kier molecular flexibility index (Phi) is 7.25. The summed E-state index contributed by atoms with van der Waals surface area (Å²) in [5, 5.41) is 8.67. The molecule has 0 aromatic heterocycles. The van der Waals surface area contributed by atoms with Crippen molar-refractivity contribution in [2.75, 3.05) is 7.11 Å². The number of hydrogen-bond donors (Lipinski definition) is 1. The number of benzene rings is 1. The minimum absolute atomic E-state index is 0.702. The summed E-state index contributed by atoms with van der Waals surface area (Å²) in [5.41, 5.74) is 6.53. The van der Waals surface area contributed by atoms with Gasteiger partial charge in [0.2, 0.25) is 0 Å². The molecule has 24 heavy (non-hydrogen) atoms. The van der Waals surface area contributed by atoms with Crippen LogP contribution in [-0.2, 0) is 4.79 Å². The van der Waals surface area contributed by atoms with Crippen molar-refractivity contribution < 1.29 is 14.6 Å². The van der Waals surface area contributed by atoms with E-state index in [1.807, 2.05) is 19.1 Å². The van der Waals surface area contributed by atoms with Gasteiger partial charge in [0, 0.05) is 6.08 Å². The van der Waals surface area contributed by atoms with Gasteiger partial charge < -0.3 is 9.84 Å². The van der Waals surface area contributed by atoms with E-state index in [0.717, 1.165) is 16.9 Å². The normalized spacial score (nSPS) is 13.1. The Balaban J connectivity index is 2.97. The van der Waals surface area contributed by atoms with Crippen molar-refractivity contribution in [1.82, 2.24) is 0 Å². The highest BCUT2D eigenvalue weighted by molar-refractivity contribution is 5.81. The number of carboxylic acid groups (broad SMARTS) is 1. The number of aliphatic carboxylic acids is 1. The first-order valence-electron chi connectivity index (χ1n) is 7.85. The van der Waals surface area contributed by atoms with E-state index in [0.29, 0.717) is 5.57 Å². The Morgan fingerprint density at radius 1 is 1.08 bits per heavy atom. The molecule has 0 heterocycles. The fraction of sp³-hybridized carbons (Fsp3) is 0.286. The van der Waals surface area contributed by atoms with Crippen LogP contribution in [0.1, 0.15) is 36.1 Å². The molecule has 1 rings (SSSR count). The van der Waals surface area contributed by atoms with Crippen LogP contribution in [0.15, 0.2) is 47.6 Å². The molecule has 0 spiro atoms. The number of ether oxygens (including phenoxy) is 1. The lowest BCUT2D eigenvalue weighted by Crippen LogP contribution is -1.95. The fourth-order valence-corrected chi connectivity index (χ4v) is 2.40. The SMILES string of the molecule is COc1cc(C)c(/C=C/C(C)=C/C=C\C(C)=C/C(=O)O)c(C)c1C. The molecule has 3 heteroatoms. The summed E-state index contributed by atoms with van der Waals surface area (Å²) in [6, 6.07) is 2.06. The average molecular weight is 326 g/mol. The average Bonchev–Trinajstić information content (AvgIpc) is 2.50. The summed E-state index contributed by atoms with van der Waals surface area (Å²) >= 11 is 0. The number of carboxylic acids is 1. The highest BCUT2D eigenvalue weighted by atomic mass is 16.5. The molecule has 0 aliphatic heterocycles. The van der Waals surface area contributed by atoms with E-state index in [1.54, 1.807) is 20.1 Å². The molecule has 0 saturated heterocycles. The molecule has 0 aliphatic rings. The molecule has 0 bridgehead atoms. The van der Waals surface area contributed by atoms with Crippen molar-refractivity contribution in [3.05, 3.63) is 69.8 Å². The van der Waals surface area contributed by atoms with Gasteiger partial charge in [-0.25, -0.2) is 4.79 Å². The summed E-state index contributed by atoms with van der Waals surface area (Å²) in [4.78, 5) is 10.6. The second kappa shape index (κ2) is 8.92. The first-order chi connectivity index (χ1) is 11.3. The predicted octanol–water partition coefficient (Wildman–Crippen LogP) is 5.17. The zero-order valence-electron chi connectivity index (χ0n) is 15.3. The predicted molar refractivity (Wildman–Crippen MR) is 101 cm³/mol. The highest BCUT2D eigenvalue weighted by Gasteiger charge is 2.08. The molecular formula is C21H26O3. The Morgan fingerprint density at radius 3 is 2.33 bits per heavy atom. The highest BCUT2D eigenvalue weighted by Crippen LogP contribution is 2.28. The van der Waals surface area contributed by atoms with Gasteiger partial charge in [0.15, 0.2) is 0 Å². The Bertz CT molecular complexity index is 732. The van der Waals surface area contributed by atoms with E-state index in [-0.39, 0.29) is 0 Å². The molecule has 0 atom stereocenters. The van der Waals surface area contributed by atoms with Gasteiger partial charge in [0.25, 0.3) is 0 Å². The van der Waals surface area contributed by atoms with E-state index < -0.39 is 5.97 Å². The Hall–Kier alpha value is -2.55. The van der Waals surface area contributed by atoms with E-state index in [4.69, 9.17) is 9.84 Å². The van der Waals surface area contributed by atoms with Crippen LogP contribution in [0.3, 0.4) is 0 Å². The molecule has 1 N–H and O–H groups in total. The number of methoxy groups -OCH3 is 1. The maximum atomic E-state index is 10.6. The van der Waals surface area contributed by atoms with Crippen LogP contribution < -0.4 is 4.74 Å². The molecule has 0 amide bonds. The van der Waals surface area contributed by atoms with Crippen molar-refractivity contribution in [2.24, 2.45) is 0 Å². The number of allylic oxidation sites excluding steroid dienone is 6. The van der Waals surface area contributed by atoms with Crippen LogP contribution in [0.5, 0.6) is 5.75 Å². The molecule has 0 radical (unpaired) electrons. The van der Waals surface area contributed by atoms with Crippen molar-refractivity contribution in [2.45, 2.75) is 34.6 Å². The van der Waals surface area contributed by atoms with Crippen LogP contribution >= 0.6 is 0 Å². The topological polar surface area (TPSA) is 46.5 Å². The Morgan fingerprint density at radius 2 is 1.75 bits per heavy atom. The standard InChI is InChI=1S/C21H26O3/c1-14(8-7-9-15(2)12-21(22)23)10-11-19-16(3)13-20(24-6)18(5)17(19)4/h7-13H,1-6H3,(H,22,23)/b9-7-,11-10+,14-8+,15-12-. The van der Waals surface area contributed by atoms with Crippen LogP contribution in [0.4, 0.5) is 0 Å². The lowest BCUT2D eigenvalue weighted by atomic mass is 9.96. The molecule has 3 nitrogen and oxygen atoms in total. The summed E-state index contributed by atoms with van der Waals surface area (Å²) in [7, 11) is 1.69. The van der Waals surface area contributed by atoms with Crippen molar-refractivity contribution >= 4 is 12.0 Å². The van der Waals surface area contributed by atoms with Gasteiger partial charge >= 0.3 is 5.97 Å². The van der Waals surface area contributed by atoms with Crippen molar-refractivity contribution in [3.63, 3.8) is 0 Å². The van der Waals surface area contributed by atoms with E-state index in [1.165, 1.54) is 22.8 Å². The zero-order chi connectivity index (χ0) is 18.3. The molecule has 0 saturated carbocycles. The summed E-state index contributed by atoms with van der Waals surface area (Å²) in [5.74, 6) is -0.0170. The lowest BCUT2D eigenvalue weighted by molar-refractivity contribution is -0.131. The molecule has 0 unspecified atom stereocenters. The number of aryl methyl sites for hydroxylation is 1.